The summed E-state index contributed by atoms with van der Waals surface area (Å²) in [6, 6.07) is 5.60. The Morgan fingerprint density at radius 2 is 1.95 bits per heavy atom. The van der Waals surface area contributed by atoms with Crippen LogP contribution in [0.5, 0.6) is 0 Å². The number of rotatable bonds is 6. The van der Waals surface area contributed by atoms with Gasteiger partial charge in [0.2, 0.25) is 5.91 Å². The van der Waals surface area contributed by atoms with Crippen LogP contribution in [0.25, 0.3) is 0 Å². The maximum atomic E-state index is 11.7. The molecule has 6 heteroatoms. The van der Waals surface area contributed by atoms with E-state index in [9.17, 15) is 4.79 Å². The van der Waals surface area contributed by atoms with Gasteiger partial charge in [-0.2, -0.15) is 0 Å². The third-order valence-corrected chi connectivity index (χ3v) is 3.99. The number of nitrogens with one attached hydrogen (secondary N) is 1. The van der Waals surface area contributed by atoms with Gasteiger partial charge in [-0.25, -0.2) is 0 Å². The highest BCUT2D eigenvalue weighted by Crippen LogP contribution is 2.29. The Balaban J connectivity index is 0.00000400. The van der Waals surface area contributed by atoms with Crippen LogP contribution in [0, 0.1) is 0 Å². The Labute approximate surface area is 143 Å². The summed E-state index contributed by atoms with van der Waals surface area (Å²) >= 11 is 11.9. The summed E-state index contributed by atoms with van der Waals surface area (Å²) in [5, 5.41) is 4.00. The highest BCUT2D eigenvalue weighted by atomic mass is 35.5. The zero-order valence-electron chi connectivity index (χ0n) is 12.6. The highest BCUT2D eigenvalue weighted by Gasteiger charge is 2.22. The molecule has 0 aliphatic carbocycles. The molecule has 0 spiro atoms. The second-order valence-electron chi connectivity index (χ2n) is 5.81. The van der Waals surface area contributed by atoms with Crippen LogP contribution in [0.4, 0.5) is 0 Å². The molecule has 3 N–H and O–H groups in total. The van der Waals surface area contributed by atoms with Crippen LogP contribution in [-0.4, -0.2) is 18.5 Å². The first-order valence-corrected chi connectivity index (χ1v) is 7.46. The van der Waals surface area contributed by atoms with Gasteiger partial charge in [-0.05, 0) is 31.0 Å². The van der Waals surface area contributed by atoms with E-state index in [-0.39, 0.29) is 29.8 Å². The van der Waals surface area contributed by atoms with Gasteiger partial charge in [0.05, 0.1) is 10.0 Å². The summed E-state index contributed by atoms with van der Waals surface area (Å²) in [4.78, 5) is 11.7. The minimum atomic E-state index is -0.210. The van der Waals surface area contributed by atoms with Crippen LogP contribution in [0.3, 0.4) is 0 Å². The van der Waals surface area contributed by atoms with E-state index >= 15 is 0 Å². The molecule has 0 saturated heterocycles. The molecule has 21 heavy (non-hydrogen) atoms. The molecule has 0 heterocycles. The van der Waals surface area contributed by atoms with Crippen molar-refractivity contribution in [2.45, 2.75) is 45.1 Å². The average molecular weight is 354 g/mol. The molecular formula is C15H23Cl3N2O. The van der Waals surface area contributed by atoms with Crippen LogP contribution in [0.15, 0.2) is 18.2 Å². The number of nitrogens with two attached hydrogens (primary N) is 1. The smallest absolute Gasteiger partial charge is 0.220 e. The molecule has 1 atom stereocenters. The largest absolute Gasteiger partial charge is 0.355 e. The summed E-state index contributed by atoms with van der Waals surface area (Å²) < 4.78 is 0. The molecule has 0 aliphatic rings. The third-order valence-electron chi connectivity index (χ3n) is 3.26. The topological polar surface area (TPSA) is 55.1 Å². The van der Waals surface area contributed by atoms with Gasteiger partial charge in [-0.15, -0.1) is 12.4 Å². The fourth-order valence-electron chi connectivity index (χ4n) is 1.79. The van der Waals surface area contributed by atoms with Crippen molar-refractivity contribution in [3.8, 4) is 0 Å². The number of halogens is 3. The zero-order valence-corrected chi connectivity index (χ0v) is 14.9. The highest BCUT2D eigenvalue weighted by molar-refractivity contribution is 6.42. The van der Waals surface area contributed by atoms with Gasteiger partial charge < -0.3 is 11.1 Å². The van der Waals surface area contributed by atoms with Crippen molar-refractivity contribution in [3.63, 3.8) is 0 Å². The van der Waals surface area contributed by atoms with E-state index in [1.807, 2.05) is 19.1 Å². The van der Waals surface area contributed by atoms with Crippen LogP contribution in [0.2, 0.25) is 10.0 Å². The van der Waals surface area contributed by atoms with Crippen molar-refractivity contribution in [2.24, 2.45) is 5.73 Å². The number of benzene rings is 1. The van der Waals surface area contributed by atoms with E-state index in [2.05, 4.69) is 19.2 Å². The SMILES string of the molecule is CC(N)CCC(=O)NCC(C)(C)c1ccc(Cl)c(Cl)c1.Cl. The molecule has 1 aromatic carbocycles. The van der Waals surface area contributed by atoms with Gasteiger partial charge in [0.25, 0.3) is 0 Å². The molecule has 1 unspecified atom stereocenters. The summed E-state index contributed by atoms with van der Waals surface area (Å²) in [5.74, 6) is 0.0236. The minimum Gasteiger partial charge on any atom is -0.355 e. The van der Waals surface area contributed by atoms with Crippen LogP contribution in [0.1, 0.15) is 39.2 Å². The first kappa shape index (κ1) is 20.5. The van der Waals surface area contributed by atoms with Crippen molar-refractivity contribution in [3.05, 3.63) is 33.8 Å². The Morgan fingerprint density at radius 3 is 2.48 bits per heavy atom. The number of amides is 1. The zero-order chi connectivity index (χ0) is 15.3. The molecule has 0 aliphatic heterocycles. The fraction of sp³-hybridized carbons (Fsp3) is 0.533. The van der Waals surface area contributed by atoms with Gasteiger partial charge >= 0.3 is 0 Å². The Bertz CT molecular complexity index is 476. The van der Waals surface area contributed by atoms with Gasteiger partial charge in [0, 0.05) is 24.4 Å². The second-order valence-corrected chi connectivity index (χ2v) is 6.62. The molecule has 1 amide bonds. The van der Waals surface area contributed by atoms with Crippen molar-refractivity contribution < 1.29 is 4.79 Å². The van der Waals surface area contributed by atoms with E-state index in [0.717, 1.165) is 5.56 Å². The van der Waals surface area contributed by atoms with Gasteiger partial charge in [0.15, 0.2) is 0 Å². The average Bonchev–Trinajstić information content (AvgIpc) is 2.37. The molecule has 3 nitrogen and oxygen atoms in total. The number of hydrogen-bond donors (Lipinski definition) is 2. The lowest BCUT2D eigenvalue weighted by atomic mass is 9.84. The Morgan fingerprint density at radius 1 is 1.33 bits per heavy atom. The molecule has 0 aromatic heterocycles. The van der Waals surface area contributed by atoms with E-state index < -0.39 is 0 Å². The molecule has 0 bridgehead atoms. The molecule has 1 rings (SSSR count). The van der Waals surface area contributed by atoms with Crippen LogP contribution >= 0.6 is 35.6 Å². The lowest BCUT2D eigenvalue weighted by Gasteiger charge is -2.26. The second kappa shape index (κ2) is 8.84. The van der Waals surface area contributed by atoms with Gasteiger partial charge in [0.1, 0.15) is 0 Å². The van der Waals surface area contributed by atoms with Gasteiger partial charge in [-0.1, -0.05) is 43.1 Å². The lowest BCUT2D eigenvalue weighted by molar-refractivity contribution is -0.121. The van der Waals surface area contributed by atoms with Crippen molar-refractivity contribution in [1.82, 2.24) is 5.32 Å². The Hall–Kier alpha value is -0.480. The predicted octanol–water partition coefficient (Wildman–Crippen LogP) is 3.94. The first-order chi connectivity index (χ1) is 9.22. The maximum Gasteiger partial charge on any atom is 0.220 e. The van der Waals surface area contributed by atoms with E-state index in [1.165, 1.54) is 0 Å². The molecule has 0 saturated carbocycles. The fourth-order valence-corrected chi connectivity index (χ4v) is 2.08. The molecule has 1 aromatic rings. The summed E-state index contributed by atoms with van der Waals surface area (Å²) in [5.41, 5.74) is 6.47. The molecule has 0 fully saturated rings. The van der Waals surface area contributed by atoms with E-state index in [4.69, 9.17) is 28.9 Å². The van der Waals surface area contributed by atoms with E-state index in [1.54, 1.807) is 6.07 Å². The predicted molar refractivity (Wildman–Crippen MR) is 92.6 cm³/mol. The number of carbonyl (C=O) groups excluding carboxylic acids is 1. The van der Waals surface area contributed by atoms with Gasteiger partial charge in [-0.3, -0.25) is 4.79 Å². The van der Waals surface area contributed by atoms with Crippen molar-refractivity contribution in [2.75, 3.05) is 6.54 Å². The van der Waals surface area contributed by atoms with Crippen molar-refractivity contribution in [1.29, 1.82) is 0 Å². The summed E-state index contributed by atoms with van der Waals surface area (Å²) in [7, 11) is 0. The lowest BCUT2D eigenvalue weighted by Crippen LogP contribution is -2.37. The first-order valence-electron chi connectivity index (χ1n) is 6.70. The molecule has 120 valence electrons. The number of carbonyl (C=O) groups is 1. The Kier molecular flexibility index (Phi) is 8.64. The monoisotopic (exact) mass is 352 g/mol. The third kappa shape index (κ3) is 6.88. The molecular weight excluding hydrogens is 331 g/mol. The summed E-state index contributed by atoms with van der Waals surface area (Å²) in [6.07, 6.45) is 1.15. The molecule has 0 radical (unpaired) electrons. The van der Waals surface area contributed by atoms with Crippen LogP contribution in [-0.2, 0) is 10.2 Å². The summed E-state index contributed by atoms with van der Waals surface area (Å²) in [6.45, 7) is 6.55. The normalized spacial score (nSPS) is 12.5. The van der Waals surface area contributed by atoms with Crippen molar-refractivity contribution >= 4 is 41.5 Å². The minimum absolute atomic E-state index is 0. The quantitative estimate of drug-likeness (QED) is 0.814. The standard InChI is InChI=1S/C15H22Cl2N2O.ClH/c1-10(18)4-7-14(20)19-9-15(2,3)11-5-6-12(16)13(17)8-11;/h5-6,8,10H,4,7,9,18H2,1-3H3,(H,19,20);1H. The maximum absolute atomic E-state index is 11.7. The van der Waals surface area contributed by atoms with E-state index in [0.29, 0.717) is 29.4 Å². The van der Waals surface area contributed by atoms with Crippen LogP contribution < -0.4 is 11.1 Å². The number of hydrogen-bond acceptors (Lipinski definition) is 2.